The van der Waals surface area contributed by atoms with E-state index >= 15 is 0 Å². The van der Waals surface area contributed by atoms with Gasteiger partial charge in [-0.2, -0.15) is 0 Å². The zero-order valence-corrected chi connectivity index (χ0v) is 15.3. The van der Waals surface area contributed by atoms with Crippen LogP contribution < -0.4 is 10.1 Å². The lowest BCUT2D eigenvalue weighted by molar-refractivity contribution is -0.274. The zero-order valence-electron chi connectivity index (χ0n) is 15.3. The average molecular weight is 388 g/mol. The Balaban J connectivity index is 1.93. The van der Waals surface area contributed by atoms with Crippen LogP contribution in [0.3, 0.4) is 0 Å². The molecule has 1 aliphatic rings. The van der Waals surface area contributed by atoms with Gasteiger partial charge in [0.1, 0.15) is 5.75 Å². The van der Waals surface area contributed by atoms with Crippen molar-refractivity contribution in [1.29, 1.82) is 0 Å². The summed E-state index contributed by atoms with van der Waals surface area (Å²) in [5.74, 6) is 0.292. The summed E-state index contributed by atoms with van der Waals surface area (Å²) in [6.07, 6.45) is -5.10. The zero-order chi connectivity index (χ0) is 19.9. The van der Waals surface area contributed by atoms with Gasteiger partial charge in [0.2, 0.25) is 0 Å². The van der Waals surface area contributed by atoms with Gasteiger partial charge in [-0.05, 0) is 13.0 Å². The standard InChI is InChI=1S/C17H23F3N4O3/c1-3-26-16(25)24-10-8-23(9-11-24)15(21-2)22-12-13-6-4-5-7-14(13)27-17(18,19)20/h4-7H,3,8-12H2,1-2H3,(H,21,22). The van der Waals surface area contributed by atoms with Crippen molar-refractivity contribution in [1.82, 2.24) is 15.1 Å². The van der Waals surface area contributed by atoms with Gasteiger partial charge in [-0.15, -0.1) is 13.2 Å². The minimum Gasteiger partial charge on any atom is -0.450 e. The first-order valence-corrected chi connectivity index (χ1v) is 8.55. The fourth-order valence-corrected chi connectivity index (χ4v) is 2.70. The number of carbonyl (C=O) groups is 1. The SMILES string of the molecule is CCOC(=O)N1CCN(C(=NC)NCc2ccccc2OC(F)(F)F)CC1. The molecule has 0 atom stereocenters. The lowest BCUT2D eigenvalue weighted by atomic mass is 10.2. The highest BCUT2D eigenvalue weighted by molar-refractivity contribution is 5.80. The van der Waals surface area contributed by atoms with E-state index in [1.54, 1.807) is 31.0 Å². The first-order chi connectivity index (χ1) is 12.8. The maximum atomic E-state index is 12.5. The molecule has 1 aromatic carbocycles. The van der Waals surface area contributed by atoms with Crippen molar-refractivity contribution in [2.24, 2.45) is 4.99 Å². The van der Waals surface area contributed by atoms with E-state index in [4.69, 9.17) is 4.74 Å². The molecule has 150 valence electrons. The van der Waals surface area contributed by atoms with Gasteiger partial charge in [0.25, 0.3) is 0 Å². The maximum absolute atomic E-state index is 12.5. The molecule has 1 N–H and O–H groups in total. The van der Waals surface area contributed by atoms with Crippen molar-refractivity contribution >= 4 is 12.1 Å². The van der Waals surface area contributed by atoms with Gasteiger partial charge in [0.15, 0.2) is 5.96 Å². The fraction of sp³-hybridized carbons (Fsp3) is 0.529. The number of ether oxygens (including phenoxy) is 2. The van der Waals surface area contributed by atoms with E-state index in [1.807, 2.05) is 4.90 Å². The van der Waals surface area contributed by atoms with Crippen LogP contribution in [0.2, 0.25) is 0 Å². The van der Waals surface area contributed by atoms with Crippen LogP contribution in [0.1, 0.15) is 12.5 Å². The highest BCUT2D eigenvalue weighted by Gasteiger charge is 2.32. The molecule has 1 saturated heterocycles. The molecule has 1 heterocycles. The second-order valence-electron chi connectivity index (χ2n) is 5.73. The molecule has 1 aromatic rings. The number of aliphatic imine (C=N–C) groups is 1. The number of nitrogens with one attached hydrogen (secondary N) is 1. The van der Waals surface area contributed by atoms with Crippen LogP contribution in [0.15, 0.2) is 29.3 Å². The first-order valence-electron chi connectivity index (χ1n) is 8.55. The molecule has 1 amide bonds. The third-order valence-corrected chi connectivity index (χ3v) is 3.95. The van der Waals surface area contributed by atoms with Crippen LogP contribution in [0.4, 0.5) is 18.0 Å². The summed E-state index contributed by atoms with van der Waals surface area (Å²) in [5.41, 5.74) is 0.362. The van der Waals surface area contributed by atoms with Gasteiger partial charge in [-0.3, -0.25) is 4.99 Å². The van der Waals surface area contributed by atoms with Crippen molar-refractivity contribution in [2.75, 3.05) is 39.8 Å². The third kappa shape index (κ3) is 6.22. The van der Waals surface area contributed by atoms with Gasteiger partial charge in [-0.1, -0.05) is 18.2 Å². The number of guanidine groups is 1. The predicted molar refractivity (Wildman–Crippen MR) is 93.5 cm³/mol. The maximum Gasteiger partial charge on any atom is 0.573 e. The number of hydrogen-bond donors (Lipinski definition) is 1. The summed E-state index contributed by atoms with van der Waals surface area (Å²) in [5, 5.41) is 3.04. The molecule has 0 aliphatic carbocycles. The topological polar surface area (TPSA) is 66.4 Å². The van der Waals surface area contributed by atoms with Crippen LogP contribution in [0.25, 0.3) is 0 Å². The summed E-state index contributed by atoms with van der Waals surface area (Å²) in [6, 6.07) is 5.94. The van der Waals surface area contributed by atoms with Gasteiger partial charge >= 0.3 is 12.5 Å². The van der Waals surface area contributed by atoms with Crippen LogP contribution >= 0.6 is 0 Å². The lowest BCUT2D eigenvalue weighted by Crippen LogP contribution is -2.53. The molecule has 0 radical (unpaired) electrons. The smallest absolute Gasteiger partial charge is 0.450 e. The van der Waals surface area contributed by atoms with Crippen molar-refractivity contribution < 1.29 is 27.4 Å². The summed E-state index contributed by atoms with van der Waals surface area (Å²) in [4.78, 5) is 19.5. The molecule has 1 fully saturated rings. The average Bonchev–Trinajstić information content (AvgIpc) is 2.63. The number of hydrogen-bond acceptors (Lipinski definition) is 4. The molecule has 10 heteroatoms. The summed E-state index contributed by atoms with van der Waals surface area (Å²) in [7, 11) is 1.60. The summed E-state index contributed by atoms with van der Waals surface area (Å²) in [6.45, 7) is 4.23. The van der Waals surface area contributed by atoms with Crippen LogP contribution in [0.5, 0.6) is 5.75 Å². The second kappa shape index (κ2) is 9.33. The Bertz CT molecular complexity index is 659. The van der Waals surface area contributed by atoms with E-state index < -0.39 is 6.36 Å². The second-order valence-corrected chi connectivity index (χ2v) is 5.73. The minimum absolute atomic E-state index is 0.122. The lowest BCUT2D eigenvalue weighted by Gasteiger charge is -2.35. The summed E-state index contributed by atoms with van der Waals surface area (Å²) < 4.78 is 46.6. The fourth-order valence-electron chi connectivity index (χ4n) is 2.70. The number of amides is 1. The van der Waals surface area contributed by atoms with E-state index in [0.29, 0.717) is 44.3 Å². The number of carbonyl (C=O) groups excluding carboxylic acids is 1. The molecular formula is C17H23F3N4O3. The normalized spacial score (nSPS) is 15.5. The van der Waals surface area contributed by atoms with Gasteiger partial charge in [-0.25, -0.2) is 4.79 Å². The largest absolute Gasteiger partial charge is 0.573 e. The minimum atomic E-state index is -4.75. The Labute approximate surface area is 155 Å². The quantitative estimate of drug-likeness (QED) is 0.634. The van der Waals surface area contributed by atoms with Gasteiger partial charge in [0, 0.05) is 45.3 Å². The van der Waals surface area contributed by atoms with Gasteiger partial charge in [0.05, 0.1) is 6.61 Å². The number of rotatable bonds is 4. The van der Waals surface area contributed by atoms with E-state index in [1.165, 1.54) is 12.1 Å². The van der Waals surface area contributed by atoms with E-state index in [2.05, 4.69) is 15.0 Å². The van der Waals surface area contributed by atoms with Crippen molar-refractivity contribution in [3.63, 3.8) is 0 Å². The van der Waals surface area contributed by atoms with Crippen LogP contribution in [-0.2, 0) is 11.3 Å². The highest BCUT2D eigenvalue weighted by atomic mass is 19.4. The summed E-state index contributed by atoms with van der Waals surface area (Å²) >= 11 is 0. The Morgan fingerprint density at radius 1 is 1.19 bits per heavy atom. The number of halogens is 3. The van der Waals surface area contributed by atoms with Crippen LogP contribution in [0, 0.1) is 0 Å². The number of benzene rings is 1. The molecule has 27 heavy (non-hydrogen) atoms. The number of piperazine rings is 1. The Morgan fingerprint density at radius 2 is 1.81 bits per heavy atom. The monoisotopic (exact) mass is 388 g/mol. The van der Waals surface area contributed by atoms with Crippen molar-refractivity contribution in [3.05, 3.63) is 29.8 Å². The molecule has 0 saturated carbocycles. The third-order valence-electron chi connectivity index (χ3n) is 3.95. The van der Waals surface area contributed by atoms with Gasteiger partial charge < -0.3 is 24.6 Å². The number of nitrogens with zero attached hydrogens (tertiary/aromatic N) is 3. The van der Waals surface area contributed by atoms with E-state index in [0.717, 1.165) is 0 Å². The predicted octanol–water partition coefficient (Wildman–Crippen LogP) is 2.43. The highest BCUT2D eigenvalue weighted by Crippen LogP contribution is 2.26. The van der Waals surface area contributed by atoms with Crippen molar-refractivity contribution in [2.45, 2.75) is 19.8 Å². The molecule has 0 unspecified atom stereocenters. The Hall–Kier alpha value is -2.65. The van der Waals surface area contributed by atoms with Crippen molar-refractivity contribution in [3.8, 4) is 5.75 Å². The number of alkyl halides is 3. The molecule has 7 nitrogen and oxygen atoms in total. The van der Waals surface area contributed by atoms with E-state index in [-0.39, 0.29) is 18.4 Å². The molecule has 1 aliphatic heterocycles. The molecule has 0 aromatic heterocycles. The first kappa shape index (κ1) is 20.7. The molecule has 0 spiro atoms. The molecular weight excluding hydrogens is 365 g/mol. The molecule has 0 bridgehead atoms. The van der Waals surface area contributed by atoms with E-state index in [9.17, 15) is 18.0 Å². The number of para-hydroxylation sites is 1. The Kier molecular flexibility index (Phi) is 7.14. The molecule has 2 rings (SSSR count). The van der Waals surface area contributed by atoms with Crippen LogP contribution in [-0.4, -0.2) is 68.0 Å². The Morgan fingerprint density at radius 3 is 2.41 bits per heavy atom.